The number of nitrogens with zero attached hydrogens (tertiary/aromatic N) is 2. The molecular formula is C18H18F3N3O2S. The first-order chi connectivity index (χ1) is 12.8. The highest BCUT2D eigenvalue weighted by atomic mass is 32.2. The third-order valence-electron chi connectivity index (χ3n) is 4.27. The molecule has 0 spiro atoms. The Balaban J connectivity index is 1.51. The van der Waals surface area contributed by atoms with E-state index in [0.29, 0.717) is 25.1 Å². The number of carbonyl (C=O) groups is 1. The van der Waals surface area contributed by atoms with Crippen molar-refractivity contribution in [1.29, 1.82) is 0 Å². The van der Waals surface area contributed by atoms with Gasteiger partial charge in [-0.25, -0.2) is 4.79 Å². The smallest absolute Gasteiger partial charge is 0.334 e. The maximum atomic E-state index is 12.6. The number of nitrogens with one attached hydrogen (secondary N) is 1. The summed E-state index contributed by atoms with van der Waals surface area (Å²) in [5.74, 6) is 0. The van der Waals surface area contributed by atoms with Crippen LogP contribution in [-0.2, 0) is 23.5 Å². The number of amides is 2. The van der Waals surface area contributed by atoms with E-state index in [9.17, 15) is 22.2 Å². The van der Waals surface area contributed by atoms with Gasteiger partial charge in [-0.15, -0.1) is 0 Å². The topological polar surface area (TPSA) is 62.3 Å². The molecule has 9 heteroatoms. The average Bonchev–Trinajstić information content (AvgIpc) is 3.16. The van der Waals surface area contributed by atoms with Gasteiger partial charge in [-0.05, 0) is 30.2 Å². The molecule has 1 N–H and O–H groups in total. The van der Waals surface area contributed by atoms with Crippen molar-refractivity contribution in [2.45, 2.75) is 29.3 Å². The summed E-state index contributed by atoms with van der Waals surface area (Å²) in [6, 6.07) is 10.9. The van der Waals surface area contributed by atoms with Crippen LogP contribution < -0.4 is 5.32 Å². The number of hydrogen-bond donors (Lipinski definition) is 1. The second-order valence-corrected chi connectivity index (χ2v) is 7.91. The predicted molar refractivity (Wildman–Crippen MR) is 94.3 cm³/mol. The molecule has 1 aliphatic heterocycles. The van der Waals surface area contributed by atoms with Gasteiger partial charge in [0.1, 0.15) is 5.69 Å². The van der Waals surface area contributed by atoms with Gasteiger partial charge in [-0.1, -0.05) is 24.3 Å². The maximum absolute atomic E-state index is 12.6. The van der Waals surface area contributed by atoms with Crippen LogP contribution in [0.25, 0.3) is 0 Å². The molecular weight excluding hydrogens is 379 g/mol. The van der Waals surface area contributed by atoms with Crippen LogP contribution in [0.1, 0.15) is 17.7 Å². The minimum atomic E-state index is -4.49. The Labute approximate surface area is 157 Å². The van der Waals surface area contributed by atoms with Crippen LogP contribution in [-0.4, -0.2) is 38.5 Å². The molecule has 1 saturated heterocycles. The van der Waals surface area contributed by atoms with Crippen LogP contribution in [0.4, 0.5) is 18.0 Å². The van der Waals surface area contributed by atoms with Crippen LogP contribution in [0, 0.1) is 0 Å². The molecule has 0 bridgehead atoms. The summed E-state index contributed by atoms with van der Waals surface area (Å²) in [5, 5.41) is 2.53. The van der Waals surface area contributed by atoms with Gasteiger partial charge in [0.25, 0.3) is 0 Å². The van der Waals surface area contributed by atoms with E-state index >= 15 is 0 Å². The second-order valence-electron chi connectivity index (χ2n) is 6.18. The Morgan fingerprint density at radius 3 is 2.59 bits per heavy atom. The van der Waals surface area contributed by atoms with E-state index in [1.807, 2.05) is 18.2 Å². The second kappa shape index (κ2) is 8.08. The summed E-state index contributed by atoms with van der Waals surface area (Å²) in [6.45, 7) is 0.936. The largest absolute Gasteiger partial charge is 0.433 e. The Morgan fingerprint density at radius 2 is 1.96 bits per heavy atom. The summed E-state index contributed by atoms with van der Waals surface area (Å²) in [6.07, 6.45) is -2.75. The third kappa shape index (κ3) is 4.85. The van der Waals surface area contributed by atoms with Crippen molar-refractivity contribution in [1.82, 2.24) is 15.2 Å². The highest BCUT2D eigenvalue weighted by molar-refractivity contribution is 7.85. The summed E-state index contributed by atoms with van der Waals surface area (Å²) in [5.41, 5.74) is -0.497. The number of rotatable bonds is 4. The number of halogens is 3. The Bertz CT molecular complexity index is 813. The molecule has 5 nitrogen and oxygen atoms in total. The number of urea groups is 1. The van der Waals surface area contributed by atoms with Gasteiger partial charge >= 0.3 is 12.2 Å². The first-order valence-corrected chi connectivity index (χ1v) is 9.56. The summed E-state index contributed by atoms with van der Waals surface area (Å²) >= 11 is 0. The van der Waals surface area contributed by atoms with Gasteiger partial charge in [-0.3, -0.25) is 9.19 Å². The Kier molecular flexibility index (Phi) is 5.79. The zero-order valence-corrected chi connectivity index (χ0v) is 15.1. The Hall–Kier alpha value is -2.42. The van der Waals surface area contributed by atoms with E-state index in [0.717, 1.165) is 17.2 Å². The number of hydrogen-bond acceptors (Lipinski definition) is 3. The van der Waals surface area contributed by atoms with Gasteiger partial charge in [-0.2, -0.15) is 13.2 Å². The quantitative estimate of drug-likeness (QED) is 0.862. The van der Waals surface area contributed by atoms with Gasteiger partial charge < -0.3 is 10.2 Å². The minimum Gasteiger partial charge on any atom is -0.334 e. The van der Waals surface area contributed by atoms with E-state index in [4.69, 9.17) is 0 Å². The maximum Gasteiger partial charge on any atom is 0.433 e. The van der Waals surface area contributed by atoms with E-state index in [1.54, 1.807) is 17.0 Å². The number of alkyl halides is 3. The molecule has 1 aliphatic rings. The molecule has 0 aliphatic carbocycles. The van der Waals surface area contributed by atoms with Gasteiger partial charge in [0.15, 0.2) is 0 Å². The molecule has 3 rings (SSSR count). The van der Waals surface area contributed by atoms with E-state index in [2.05, 4.69) is 10.3 Å². The highest BCUT2D eigenvalue weighted by Gasteiger charge is 2.32. The van der Waals surface area contributed by atoms with E-state index in [-0.39, 0.29) is 17.8 Å². The molecule has 2 heterocycles. The van der Waals surface area contributed by atoms with Gasteiger partial charge in [0.05, 0.1) is 16.0 Å². The van der Waals surface area contributed by atoms with E-state index in [1.165, 1.54) is 6.07 Å². The van der Waals surface area contributed by atoms with Crippen LogP contribution in [0.3, 0.4) is 0 Å². The molecule has 27 heavy (non-hydrogen) atoms. The fourth-order valence-corrected chi connectivity index (χ4v) is 4.27. The van der Waals surface area contributed by atoms with Gasteiger partial charge in [0.2, 0.25) is 0 Å². The molecule has 2 amide bonds. The molecule has 0 radical (unpaired) electrons. The van der Waals surface area contributed by atoms with E-state index < -0.39 is 22.7 Å². The lowest BCUT2D eigenvalue weighted by Crippen LogP contribution is -2.38. The van der Waals surface area contributed by atoms with Crippen molar-refractivity contribution >= 4 is 16.8 Å². The number of likely N-dealkylation sites (tertiary alicyclic amines) is 1. The molecule has 1 fully saturated rings. The minimum absolute atomic E-state index is 0.0763. The van der Waals surface area contributed by atoms with Crippen molar-refractivity contribution < 1.29 is 22.2 Å². The van der Waals surface area contributed by atoms with Crippen molar-refractivity contribution in [2.24, 2.45) is 0 Å². The number of aromatic nitrogens is 1. The average molecular weight is 397 g/mol. The molecule has 2 atom stereocenters. The predicted octanol–water partition coefficient (Wildman–Crippen LogP) is 3.19. The first-order valence-electron chi connectivity index (χ1n) is 8.35. The molecule has 2 unspecified atom stereocenters. The number of pyridine rings is 1. The molecule has 2 aromatic rings. The van der Waals surface area contributed by atoms with Crippen LogP contribution in [0.5, 0.6) is 0 Å². The third-order valence-corrected chi connectivity index (χ3v) is 6.00. The lowest BCUT2D eigenvalue weighted by atomic mass is 10.2. The lowest BCUT2D eigenvalue weighted by molar-refractivity contribution is -0.141. The summed E-state index contributed by atoms with van der Waals surface area (Å²) < 4.78 is 50.1. The highest BCUT2D eigenvalue weighted by Crippen LogP contribution is 2.27. The molecule has 144 valence electrons. The Morgan fingerprint density at radius 1 is 1.22 bits per heavy atom. The van der Waals surface area contributed by atoms with Crippen LogP contribution >= 0.6 is 0 Å². The van der Waals surface area contributed by atoms with Gasteiger partial charge in [0, 0.05) is 30.7 Å². The fraction of sp³-hybridized carbons (Fsp3) is 0.333. The standard InChI is InChI=1S/C18H18F3N3O2S/c19-18(20,21)16-7-6-13(10-22-16)11-23-17(25)24-9-8-15(12-24)27(26)14-4-2-1-3-5-14/h1-7,10,15H,8-9,11-12H2,(H,23,25). The van der Waals surface area contributed by atoms with Crippen molar-refractivity contribution in [2.75, 3.05) is 13.1 Å². The van der Waals surface area contributed by atoms with Crippen molar-refractivity contribution in [3.8, 4) is 0 Å². The lowest BCUT2D eigenvalue weighted by Gasteiger charge is -2.17. The summed E-state index contributed by atoms with van der Waals surface area (Å²) in [7, 11) is -1.19. The molecule has 0 saturated carbocycles. The monoisotopic (exact) mass is 397 g/mol. The fourth-order valence-electron chi connectivity index (χ4n) is 2.82. The number of benzene rings is 1. The molecule has 1 aromatic carbocycles. The zero-order chi connectivity index (χ0) is 19.4. The zero-order valence-electron chi connectivity index (χ0n) is 14.3. The van der Waals surface area contributed by atoms with Crippen LogP contribution in [0.15, 0.2) is 53.6 Å². The number of carbonyl (C=O) groups excluding carboxylic acids is 1. The van der Waals surface area contributed by atoms with Crippen molar-refractivity contribution in [3.63, 3.8) is 0 Å². The summed E-state index contributed by atoms with van der Waals surface area (Å²) in [4.78, 5) is 17.9. The first kappa shape index (κ1) is 19.3. The molecule has 1 aromatic heterocycles. The van der Waals surface area contributed by atoms with Crippen molar-refractivity contribution in [3.05, 3.63) is 59.9 Å². The SMILES string of the molecule is O=C(NCc1ccc(C(F)(F)F)nc1)N1CCC(S(=O)c2ccccc2)C1. The van der Waals surface area contributed by atoms with Crippen LogP contribution in [0.2, 0.25) is 0 Å². The normalized spacial score (nSPS) is 18.3.